The third kappa shape index (κ3) is 5.06. The second-order valence-electron chi connectivity index (χ2n) is 6.54. The highest BCUT2D eigenvalue weighted by Crippen LogP contribution is 2.25. The van der Waals surface area contributed by atoms with Gasteiger partial charge in [0.15, 0.2) is 5.96 Å². The van der Waals surface area contributed by atoms with Crippen LogP contribution in [0.3, 0.4) is 0 Å². The molecule has 130 valence electrons. The van der Waals surface area contributed by atoms with Gasteiger partial charge in [-0.05, 0) is 43.2 Å². The monoisotopic (exact) mass is 448 g/mol. The number of aliphatic imine (C=N–C) groups is 1. The molecule has 1 saturated heterocycles. The topological polar surface area (TPSA) is 44.9 Å². The van der Waals surface area contributed by atoms with Crippen LogP contribution in [-0.4, -0.2) is 48.0 Å². The maximum atomic E-state index is 6.21. The summed E-state index contributed by atoms with van der Waals surface area (Å²) in [7, 11) is 0. The molecule has 6 heteroatoms. The summed E-state index contributed by atoms with van der Waals surface area (Å²) < 4.78 is 0. The van der Waals surface area contributed by atoms with Gasteiger partial charge in [-0.1, -0.05) is 12.8 Å². The predicted molar refractivity (Wildman–Crippen MR) is 110 cm³/mol. The number of likely N-dealkylation sites (tertiary alicyclic amines) is 1. The average molecular weight is 448 g/mol. The molecule has 23 heavy (non-hydrogen) atoms. The molecule has 3 rings (SSSR count). The average Bonchev–Trinajstić information content (AvgIpc) is 2.83. The molecule has 1 aromatic rings. The molecule has 0 saturated carbocycles. The van der Waals surface area contributed by atoms with Crippen LogP contribution >= 0.6 is 35.3 Å². The fraction of sp³-hybridized carbons (Fsp3) is 0.706. The maximum Gasteiger partial charge on any atom is 0.191 e. The van der Waals surface area contributed by atoms with Gasteiger partial charge in [-0.2, -0.15) is 0 Å². The Morgan fingerprint density at radius 3 is 2.74 bits per heavy atom. The van der Waals surface area contributed by atoms with E-state index in [-0.39, 0.29) is 24.0 Å². The van der Waals surface area contributed by atoms with E-state index in [2.05, 4.69) is 33.2 Å². The van der Waals surface area contributed by atoms with Gasteiger partial charge in [0.1, 0.15) is 0 Å². The highest BCUT2D eigenvalue weighted by Gasteiger charge is 2.21. The minimum Gasteiger partial charge on any atom is -0.370 e. The molecule has 1 atom stereocenters. The van der Waals surface area contributed by atoms with Crippen LogP contribution in [-0.2, 0) is 13.0 Å². The molecule has 1 aromatic heterocycles. The smallest absolute Gasteiger partial charge is 0.191 e. The standard InChI is InChI=1S/C17H28N4S.HI/c1-14(21-10-6-16-15(13-21)7-11-22-16)12-19-17(18)20-8-4-2-3-5-9-20;/h7,11,14H,2-6,8-10,12-13H2,1H3,(H2,18,19);1H. The second-order valence-corrected chi connectivity index (χ2v) is 7.54. The number of nitrogens with two attached hydrogens (primary N) is 1. The lowest BCUT2D eigenvalue weighted by atomic mass is 10.1. The molecular weight excluding hydrogens is 419 g/mol. The first-order chi connectivity index (χ1) is 10.7. The highest BCUT2D eigenvalue weighted by atomic mass is 127. The van der Waals surface area contributed by atoms with Crippen molar-refractivity contribution in [3.05, 3.63) is 21.9 Å². The number of guanidine groups is 1. The van der Waals surface area contributed by atoms with Crippen LogP contribution in [0.25, 0.3) is 0 Å². The van der Waals surface area contributed by atoms with Gasteiger partial charge in [0, 0.05) is 37.1 Å². The minimum absolute atomic E-state index is 0. The Balaban J connectivity index is 0.00000192. The summed E-state index contributed by atoms with van der Waals surface area (Å²) in [5.74, 6) is 0.752. The molecule has 3 heterocycles. The Kier molecular flexibility index (Phi) is 7.62. The minimum atomic E-state index is 0. The Bertz CT molecular complexity index is 508. The van der Waals surface area contributed by atoms with Crippen molar-refractivity contribution in [2.75, 3.05) is 26.2 Å². The van der Waals surface area contributed by atoms with Crippen LogP contribution in [0.5, 0.6) is 0 Å². The first-order valence-corrected chi connectivity index (χ1v) is 9.46. The van der Waals surface area contributed by atoms with Crippen molar-refractivity contribution in [1.82, 2.24) is 9.80 Å². The molecule has 2 aliphatic rings. The zero-order chi connectivity index (χ0) is 15.4. The van der Waals surface area contributed by atoms with Gasteiger partial charge in [-0.3, -0.25) is 9.89 Å². The van der Waals surface area contributed by atoms with Gasteiger partial charge < -0.3 is 10.6 Å². The van der Waals surface area contributed by atoms with E-state index in [1.165, 1.54) is 37.7 Å². The predicted octanol–water partition coefficient (Wildman–Crippen LogP) is 3.30. The van der Waals surface area contributed by atoms with E-state index in [0.717, 1.165) is 38.7 Å². The van der Waals surface area contributed by atoms with Crippen LogP contribution < -0.4 is 5.73 Å². The largest absolute Gasteiger partial charge is 0.370 e. The van der Waals surface area contributed by atoms with Crippen LogP contribution in [0.2, 0.25) is 0 Å². The number of halogens is 1. The molecule has 0 bridgehead atoms. The van der Waals surface area contributed by atoms with Gasteiger partial charge in [-0.15, -0.1) is 35.3 Å². The van der Waals surface area contributed by atoms with Crippen LogP contribution in [0.15, 0.2) is 16.4 Å². The molecule has 0 spiro atoms. The van der Waals surface area contributed by atoms with Crippen molar-refractivity contribution in [1.29, 1.82) is 0 Å². The van der Waals surface area contributed by atoms with E-state index in [1.807, 2.05) is 11.3 Å². The first kappa shape index (κ1) is 19.0. The van der Waals surface area contributed by atoms with E-state index in [4.69, 9.17) is 5.73 Å². The third-order valence-electron chi connectivity index (χ3n) is 4.91. The number of thiophene rings is 1. The van der Waals surface area contributed by atoms with Crippen LogP contribution in [0.1, 0.15) is 43.0 Å². The quantitative estimate of drug-likeness (QED) is 0.439. The Hall–Kier alpha value is -0.340. The summed E-state index contributed by atoms with van der Waals surface area (Å²) in [6.07, 6.45) is 6.34. The van der Waals surface area contributed by atoms with Gasteiger partial charge >= 0.3 is 0 Å². The fourth-order valence-electron chi connectivity index (χ4n) is 3.39. The number of rotatable bonds is 3. The number of nitrogens with zero attached hydrogens (tertiary/aromatic N) is 3. The molecule has 2 N–H and O–H groups in total. The molecule has 4 nitrogen and oxygen atoms in total. The van der Waals surface area contributed by atoms with Crippen molar-refractivity contribution in [2.24, 2.45) is 10.7 Å². The second kappa shape index (κ2) is 9.22. The SMILES string of the molecule is CC(CN=C(N)N1CCCCCC1)N1CCc2sccc2C1.I. The molecular formula is C17H29IN4S. The number of hydrogen-bond acceptors (Lipinski definition) is 3. The van der Waals surface area contributed by atoms with E-state index >= 15 is 0 Å². The van der Waals surface area contributed by atoms with Gasteiger partial charge in [0.05, 0.1) is 6.54 Å². The molecule has 1 fully saturated rings. The summed E-state index contributed by atoms with van der Waals surface area (Å²) >= 11 is 1.90. The zero-order valence-electron chi connectivity index (χ0n) is 14.0. The van der Waals surface area contributed by atoms with Crippen molar-refractivity contribution >= 4 is 41.3 Å². The molecule has 0 radical (unpaired) electrons. The summed E-state index contributed by atoms with van der Waals surface area (Å²) in [5.41, 5.74) is 7.72. The molecule has 0 aliphatic carbocycles. The molecule has 0 aromatic carbocycles. The summed E-state index contributed by atoms with van der Waals surface area (Å²) in [6, 6.07) is 2.73. The fourth-order valence-corrected chi connectivity index (χ4v) is 4.28. The van der Waals surface area contributed by atoms with Gasteiger partial charge in [-0.25, -0.2) is 0 Å². The van der Waals surface area contributed by atoms with Crippen LogP contribution in [0, 0.1) is 0 Å². The highest BCUT2D eigenvalue weighted by molar-refractivity contribution is 14.0. The lowest BCUT2D eigenvalue weighted by Gasteiger charge is -2.32. The summed E-state index contributed by atoms with van der Waals surface area (Å²) in [4.78, 5) is 11.1. The van der Waals surface area contributed by atoms with Crippen molar-refractivity contribution in [2.45, 2.75) is 51.6 Å². The van der Waals surface area contributed by atoms with E-state index in [0.29, 0.717) is 6.04 Å². The lowest BCUT2D eigenvalue weighted by Crippen LogP contribution is -2.41. The van der Waals surface area contributed by atoms with Crippen molar-refractivity contribution in [3.63, 3.8) is 0 Å². The van der Waals surface area contributed by atoms with Crippen molar-refractivity contribution in [3.8, 4) is 0 Å². The summed E-state index contributed by atoms with van der Waals surface area (Å²) in [5, 5.41) is 2.22. The van der Waals surface area contributed by atoms with Crippen LogP contribution in [0.4, 0.5) is 0 Å². The van der Waals surface area contributed by atoms with E-state index in [1.54, 1.807) is 4.88 Å². The Labute approximate surface area is 161 Å². The van der Waals surface area contributed by atoms with Gasteiger partial charge in [0.25, 0.3) is 0 Å². The number of hydrogen-bond donors (Lipinski definition) is 1. The third-order valence-corrected chi connectivity index (χ3v) is 5.93. The Morgan fingerprint density at radius 2 is 2.00 bits per heavy atom. The molecule has 1 unspecified atom stereocenters. The molecule has 0 amide bonds. The lowest BCUT2D eigenvalue weighted by molar-refractivity contribution is 0.196. The zero-order valence-corrected chi connectivity index (χ0v) is 17.2. The van der Waals surface area contributed by atoms with Crippen molar-refractivity contribution < 1.29 is 0 Å². The maximum absolute atomic E-state index is 6.21. The number of fused-ring (bicyclic) bond motifs is 1. The van der Waals surface area contributed by atoms with Gasteiger partial charge in [0.2, 0.25) is 0 Å². The first-order valence-electron chi connectivity index (χ1n) is 8.58. The summed E-state index contributed by atoms with van der Waals surface area (Å²) in [6.45, 7) is 7.45. The Morgan fingerprint density at radius 1 is 1.26 bits per heavy atom. The van der Waals surface area contributed by atoms with E-state index in [9.17, 15) is 0 Å². The molecule has 2 aliphatic heterocycles. The van der Waals surface area contributed by atoms with E-state index < -0.39 is 0 Å². The normalized spacial score (nSPS) is 21.3.